The van der Waals surface area contributed by atoms with Crippen molar-refractivity contribution in [3.63, 3.8) is 0 Å². The van der Waals surface area contributed by atoms with Gasteiger partial charge in [0.15, 0.2) is 0 Å². The van der Waals surface area contributed by atoms with Crippen molar-refractivity contribution in [2.45, 2.75) is 25.6 Å². The van der Waals surface area contributed by atoms with Gasteiger partial charge >= 0.3 is 6.18 Å². The summed E-state index contributed by atoms with van der Waals surface area (Å²) in [6.07, 6.45) is -3.58. The third kappa shape index (κ3) is 5.40. The molecule has 1 atom stereocenters. The number of hydrogen-bond acceptors (Lipinski definition) is 2. The average Bonchev–Trinajstić information content (AvgIpc) is 2.27. The molecular formula is C13H18BrF3N2. The molecule has 0 spiro atoms. The summed E-state index contributed by atoms with van der Waals surface area (Å²) in [6.45, 7) is 2.71. The van der Waals surface area contributed by atoms with Crippen LogP contribution >= 0.6 is 15.9 Å². The maximum atomic E-state index is 12.9. The summed E-state index contributed by atoms with van der Waals surface area (Å²) in [4.78, 5) is 2.00. The molecule has 0 saturated heterocycles. The van der Waals surface area contributed by atoms with E-state index in [0.29, 0.717) is 4.47 Å². The molecule has 0 amide bonds. The number of hydrogen-bond donors (Lipinski definition) is 1. The molecule has 19 heavy (non-hydrogen) atoms. The third-order valence-electron chi connectivity index (χ3n) is 2.70. The molecule has 1 aromatic carbocycles. The summed E-state index contributed by atoms with van der Waals surface area (Å²) in [5.74, 6) is 0. The van der Waals surface area contributed by atoms with Crippen LogP contribution in [0.25, 0.3) is 0 Å². The normalized spacial score (nSPS) is 13.7. The fourth-order valence-corrected chi connectivity index (χ4v) is 2.03. The first-order valence-electron chi connectivity index (χ1n) is 5.98. The van der Waals surface area contributed by atoms with E-state index < -0.39 is 11.7 Å². The molecule has 108 valence electrons. The monoisotopic (exact) mass is 338 g/mol. The van der Waals surface area contributed by atoms with Crippen molar-refractivity contribution in [3.05, 3.63) is 28.2 Å². The molecule has 0 aromatic heterocycles. The van der Waals surface area contributed by atoms with E-state index in [1.165, 1.54) is 6.07 Å². The lowest BCUT2D eigenvalue weighted by molar-refractivity contribution is -0.137. The topological polar surface area (TPSA) is 15.3 Å². The van der Waals surface area contributed by atoms with Crippen molar-refractivity contribution >= 4 is 21.6 Å². The Morgan fingerprint density at radius 1 is 1.32 bits per heavy atom. The molecule has 2 nitrogen and oxygen atoms in total. The van der Waals surface area contributed by atoms with Crippen molar-refractivity contribution in [1.82, 2.24) is 4.90 Å². The summed E-state index contributed by atoms with van der Waals surface area (Å²) in [6, 6.07) is 4.14. The lowest BCUT2D eigenvalue weighted by Crippen LogP contribution is -2.24. The number of nitrogens with one attached hydrogen (secondary N) is 1. The van der Waals surface area contributed by atoms with Gasteiger partial charge in [-0.1, -0.05) is 15.9 Å². The number of nitrogens with zero attached hydrogens (tertiary/aromatic N) is 1. The minimum atomic E-state index is -4.35. The van der Waals surface area contributed by atoms with Crippen LogP contribution < -0.4 is 5.32 Å². The third-order valence-corrected chi connectivity index (χ3v) is 3.19. The van der Waals surface area contributed by atoms with E-state index in [1.807, 2.05) is 25.9 Å². The Hall–Kier alpha value is -0.750. The van der Waals surface area contributed by atoms with E-state index in [1.54, 1.807) is 6.07 Å². The van der Waals surface area contributed by atoms with Crippen LogP contribution in [0.1, 0.15) is 18.9 Å². The number of benzene rings is 1. The van der Waals surface area contributed by atoms with Gasteiger partial charge in [0.05, 0.1) is 5.56 Å². The van der Waals surface area contributed by atoms with Crippen molar-refractivity contribution in [2.75, 3.05) is 26.0 Å². The highest BCUT2D eigenvalue weighted by molar-refractivity contribution is 9.10. The van der Waals surface area contributed by atoms with Crippen LogP contribution in [0.2, 0.25) is 0 Å². The predicted molar refractivity (Wildman–Crippen MR) is 75.4 cm³/mol. The second kappa shape index (κ2) is 6.61. The van der Waals surface area contributed by atoms with Crippen LogP contribution in [-0.4, -0.2) is 31.6 Å². The molecule has 0 aliphatic rings. The van der Waals surface area contributed by atoms with Crippen LogP contribution in [0, 0.1) is 0 Å². The van der Waals surface area contributed by atoms with Gasteiger partial charge in [0.1, 0.15) is 0 Å². The van der Waals surface area contributed by atoms with Gasteiger partial charge in [-0.15, -0.1) is 0 Å². The molecule has 1 unspecified atom stereocenters. The Bertz CT molecular complexity index is 419. The van der Waals surface area contributed by atoms with Crippen molar-refractivity contribution in [1.29, 1.82) is 0 Å². The molecule has 0 fully saturated rings. The molecule has 0 aliphatic heterocycles. The van der Waals surface area contributed by atoms with Crippen molar-refractivity contribution < 1.29 is 13.2 Å². The summed E-state index contributed by atoms with van der Waals surface area (Å²) in [7, 11) is 3.88. The van der Waals surface area contributed by atoms with Crippen molar-refractivity contribution in [3.8, 4) is 0 Å². The van der Waals surface area contributed by atoms with Crippen LogP contribution in [-0.2, 0) is 6.18 Å². The second-order valence-electron chi connectivity index (χ2n) is 4.83. The Labute approximate surface area is 120 Å². The number of halogens is 4. The molecule has 0 bridgehead atoms. The van der Waals surface area contributed by atoms with E-state index in [4.69, 9.17) is 0 Å². The highest BCUT2D eigenvalue weighted by Crippen LogP contribution is 2.36. The summed E-state index contributed by atoms with van der Waals surface area (Å²) in [5.41, 5.74) is -0.513. The smallest absolute Gasteiger partial charge is 0.382 e. The minimum absolute atomic E-state index is 0.0234. The second-order valence-corrected chi connectivity index (χ2v) is 5.74. The molecule has 0 saturated carbocycles. The fourth-order valence-electron chi connectivity index (χ4n) is 1.67. The zero-order valence-corrected chi connectivity index (χ0v) is 12.8. The lowest BCUT2D eigenvalue weighted by Gasteiger charge is -2.21. The van der Waals surface area contributed by atoms with Gasteiger partial charge in [-0.3, -0.25) is 0 Å². The number of rotatable bonds is 5. The highest BCUT2D eigenvalue weighted by Gasteiger charge is 2.33. The number of anilines is 1. The fraction of sp³-hybridized carbons (Fsp3) is 0.538. The van der Waals surface area contributed by atoms with Crippen LogP contribution in [0.5, 0.6) is 0 Å². The van der Waals surface area contributed by atoms with Gasteiger partial charge in [-0.2, -0.15) is 13.2 Å². The van der Waals surface area contributed by atoms with Gasteiger partial charge in [0.2, 0.25) is 0 Å². The Balaban J connectivity index is 2.83. The first-order valence-corrected chi connectivity index (χ1v) is 6.77. The standard InChI is InChI=1S/C13H18BrF3N2/c1-9(6-7-19(2)3)18-12-5-4-10(14)8-11(12)13(15,16)17/h4-5,8-9,18H,6-7H2,1-3H3. The largest absolute Gasteiger partial charge is 0.418 e. The van der Waals surface area contributed by atoms with E-state index >= 15 is 0 Å². The molecule has 0 heterocycles. The maximum absolute atomic E-state index is 12.9. The zero-order valence-electron chi connectivity index (χ0n) is 11.2. The summed E-state index contributed by atoms with van der Waals surface area (Å²) >= 11 is 3.07. The Morgan fingerprint density at radius 2 is 1.95 bits per heavy atom. The molecule has 0 radical (unpaired) electrons. The maximum Gasteiger partial charge on any atom is 0.418 e. The molecule has 0 aliphatic carbocycles. The van der Waals surface area contributed by atoms with Gasteiger partial charge < -0.3 is 10.2 Å². The van der Waals surface area contributed by atoms with Crippen molar-refractivity contribution in [2.24, 2.45) is 0 Å². The van der Waals surface area contributed by atoms with E-state index in [-0.39, 0.29) is 11.7 Å². The average molecular weight is 339 g/mol. The Morgan fingerprint density at radius 3 is 2.47 bits per heavy atom. The van der Waals surface area contributed by atoms with Crippen LogP contribution in [0.15, 0.2) is 22.7 Å². The van der Waals surface area contributed by atoms with Gasteiger partial charge in [-0.05, 0) is 52.2 Å². The molecule has 6 heteroatoms. The molecule has 1 aromatic rings. The Kier molecular flexibility index (Phi) is 5.67. The SMILES string of the molecule is CC(CCN(C)C)Nc1ccc(Br)cc1C(F)(F)F. The van der Waals surface area contributed by atoms with Gasteiger partial charge in [0.25, 0.3) is 0 Å². The lowest BCUT2D eigenvalue weighted by atomic mass is 10.1. The first kappa shape index (κ1) is 16.3. The molecular weight excluding hydrogens is 321 g/mol. The van der Waals surface area contributed by atoms with E-state index in [2.05, 4.69) is 21.2 Å². The van der Waals surface area contributed by atoms with Gasteiger partial charge in [-0.25, -0.2) is 0 Å². The highest BCUT2D eigenvalue weighted by atomic mass is 79.9. The quantitative estimate of drug-likeness (QED) is 0.864. The minimum Gasteiger partial charge on any atom is -0.382 e. The number of alkyl halides is 3. The summed E-state index contributed by atoms with van der Waals surface area (Å²) < 4.78 is 39.2. The van der Waals surface area contributed by atoms with E-state index in [0.717, 1.165) is 19.0 Å². The van der Waals surface area contributed by atoms with Crippen LogP contribution in [0.4, 0.5) is 18.9 Å². The van der Waals surface area contributed by atoms with Crippen LogP contribution in [0.3, 0.4) is 0 Å². The summed E-state index contributed by atoms with van der Waals surface area (Å²) in [5, 5.41) is 2.93. The first-order chi connectivity index (χ1) is 8.70. The zero-order chi connectivity index (χ0) is 14.6. The molecule has 1 rings (SSSR count). The molecule has 1 N–H and O–H groups in total. The van der Waals surface area contributed by atoms with Gasteiger partial charge in [0, 0.05) is 16.2 Å². The van der Waals surface area contributed by atoms with E-state index in [9.17, 15) is 13.2 Å². The predicted octanol–water partition coefficient (Wildman–Crippen LogP) is 4.22.